The summed E-state index contributed by atoms with van der Waals surface area (Å²) >= 11 is 0. The van der Waals surface area contributed by atoms with E-state index in [0.717, 1.165) is 36.1 Å². The lowest BCUT2D eigenvalue weighted by Gasteiger charge is -2.17. The third kappa shape index (κ3) is 3.44. The summed E-state index contributed by atoms with van der Waals surface area (Å²) in [5.41, 5.74) is 3.45. The van der Waals surface area contributed by atoms with Crippen molar-refractivity contribution in [1.82, 2.24) is 24.5 Å². The van der Waals surface area contributed by atoms with E-state index in [-0.39, 0.29) is 5.91 Å². The van der Waals surface area contributed by atoms with E-state index in [2.05, 4.69) is 39.1 Å². The number of nitrogens with one attached hydrogen (secondary N) is 1. The maximum Gasteiger partial charge on any atom is 0.261 e. The number of benzene rings is 1. The van der Waals surface area contributed by atoms with Crippen LogP contribution in [0.2, 0.25) is 0 Å². The molecule has 28 heavy (non-hydrogen) atoms. The average Bonchev–Trinajstić information content (AvgIpc) is 3.15. The molecule has 1 amide bonds. The number of fused-ring (bicyclic) bond motifs is 2. The Labute approximate surface area is 163 Å². The molecule has 0 bridgehead atoms. The molecule has 0 aliphatic carbocycles. The van der Waals surface area contributed by atoms with Crippen LogP contribution in [0.3, 0.4) is 0 Å². The first-order chi connectivity index (χ1) is 13.7. The molecular weight excluding hydrogens is 352 g/mol. The zero-order chi connectivity index (χ0) is 19.5. The summed E-state index contributed by atoms with van der Waals surface area (Å²) in [7, 11) is 0. The van der Waals surface area contributed by atoms with E-state index in [1.807, 2.05) is 42.7 Å². The SMILES string of the molecule is CCN(CC)Cc1cnc2c(C(=O)Nc3cccc4cccnc34)cnn2c1. The van der Waals surface area contributed by atoms with E-state index in [1.165, 1.54) is 0 Å². The monoisotopic (exact) mass is 374 g/mol. The maximum absolute atomic E-state index is 12.8. The van der Waals surface area contributed by atoms with Crippen molar-refractivity contribution in [3.8, 4) is 0 Å². The molecule has 3 aromatic heterocycles. The smallest absolute Gasteiger partial charge is 0.261 e. The van der Waals surface area contributed by atoms with Crippen LogP contribution in [0.5, 0.6) is 0 Å². The maximum atomic E-state index is 12.8. The first-order valence-corrected chi connectivity index (χ1v) is 9.39. The van der Waals surface area contributed by atoms with Crippen molar-refractivity contribution in [1.29, 1.82) is 0 Å². The van der Waals surface area contributed by atoms with Gasteiger partial charge in [-0.3, -0.25) is 14.7 Å². The van der Waals surface area contributed by atoms with Crippen LogP contribution in [-0.4, -0.2) is 43.5 Å². The Balaban J connectivity index is 1.61. The van der Waals surface area contributed by atoms with Gasteiger partial charge in [-0.05, 0) is 25.2 Å². The van der Waals surface area contributed by atoms with Crippen LogP contribution in [0.1, 0.15) is 29.8 Å². The highest BCUT2D eigenvalue weighted by atomic mass is 16.1. The van der Waals surface area contributed by atoms with Gasteiger partial charge in [-0.25, -0.2) is 9.50 Å². The molecule has 0 spiro atoms. The second kappa shape index (κ2) is 7.74. The fraction of sp³-hybridized carbons (Fsp3) is 0.238. The molecule has 0 atom stereocenters. The van der Waals surface area contributed by atoms with E-state index in [0.29, 0.717) is 16.9 Å². The Kier molecular flexibility index (Phi) is 4.99. The molecule has 0 unspecified atom stereocenters. The van der Waals surface area contributed by atoms with Crippen LogP contribution in [0.4, 0.5) is 5.69 Å². The molecule has 1 N–H and O–H groups in total. The molecule has 0 saturated heterocycles. The number of para-hydroxylation sites is 1. The highest BCUT2D eigenvalue weighted by Crippen LogP contribution is 2.22. The molecule has 0 fully saturated rings. The molecule has 3 heterocycles. The van der Waals surface area contributed by atoms with Crippen LogP contribution >= 0.6 is 0 Å². The number of hydrogen-bond acceptors (Lipinski definition) is 5. The Morgan fingerprint density at radius 1 is 1.11 bits per heavy atom. The Bertz CT molecular complexity index is 1130. The first kappa shape index (κ1) is 18.1. The van der Waals surface area contributed by atoms with Crippen molar-refractivity contribution in [3.05, 3.63) is 66.2 Å². The van der Waals surface area contributed by atoms with Crippen molar-refractivity contribution in [2.45, 2.75) is 20.4 Å². The van der Waals surface area contributed by atoms with E-state index in [9.17, 15) is 4.79 Å². The van der Waals surface area contributed by atoms with Crippen molar-refractivity contribution in [3.63, 3.8) is 0 Å². The minimum absolute atomic E-state index is 0.253. The summed E-state index contributed by atoms with van der Waals surface area (Å²) in [6.45, 7) is 7.02. The summed E-state index contributed by atoms with van der Waals surface area (Å²) in [6, 6.07) is 9.54. The lowest BCUT2D eigenvalue weighted by molar-refractivity contribution is 0.102. The molecule has 4 aromatic rings. The van der Waals surface area contributed by atoms with Gasteiger partial charge < -0.3 is 5.32 Å². The summed E-state index contributed by atoms with van der Waals surface area (Å²) < 4.78 is 1.66. The molecule has 7 heteroatoms. The fourth-order valence-corrected chi connectivity index (χ4v) is 3.26. The van der Waals surface area contributed by atoms with E-state index < -0.39 is 0 Å². The van der Waals surface area contributed by atoms with Crippen LogP contribution in [0.15, 0.2) is 55.1 Å². The zero-order valence-electron chi connectivity index (χ0n) is 16.0. The van der Waals surface area contributed by atoms with Gasteiger partial charge in [0.15, 0.2) is 5.65 Å². The number of hydrogen-bond donors (Lipinski definition) is 1. The van der Waals surface area contributed by atoms with Gasteiger partial charge in [0.1, 0.15) is 5.56 Å². The van der Waals surface area contributed by atoms with E-state index in [1.54, 1.807) is 16.9 Å². The van der Waals surface area contributed by atoms with Crippen molar-refractivity contribution in [2.24, 2.45) is 0 Å². The van der Waals surface area contributed by atoms with Gasteiger partial charge >= 0.3 is 0 Å². The third-order valence-corrected chi connectivity index (χ3v) is 4.84. The minimum atomic E-state index is -0.253. The van der Waals surface area contributed by atoms with Crippen LogP contribution < -0.4 is 5.32 Å². The Hall–Kier alpha value is -3.32. The molecule has 0 aliphatic heterocycles. The predicted octanol–water partition coefficient (Wildman–Crippen LogP) is 3.37. The van der Waals surface area contributed by atoms with Crippen molar-refractivity contribution < 1.29 is 4.79 Å². The highest BCUT2D eigenvalue weighted by Gasteiger charge is 2.16. The van der Waals surface area contributed by atoms with Gasteiger partial charge in [0.05, 0.1) is 17.4 Å². The van der Waals surface area contributed by atoms with Gasteiger partial charge in [0.25, 0.3) is 5.91 Å². The standard InChI is InChI=1S/C21H22N6O/c1-3-26(4-2)13-15-11-23-20-17(12-24-27(20)14-15)21(28)25-18-9-5-7-16-8-6-10-22-19(16)18/h5-12,14H,3-4,13H2,1-2H3,(H,25,28). The van der Waals surface area contributed by atoms with Crippen molar-refractivity contribution >= 4 is 28.1 Å². The highest BCUT2D eigenvalue weighted by molar-refractivity contribution is 6.11. The summed E-state index contributed by atoms with van der Waals surface area (Å²) in [6.07, 6.45) is 7.01. The largest absolute Gasteiger partial charge is 0.320 e. The number of rotatable bonds is 6. The van der Waals surface area contributed by atoms with Gasteiger partial charge in [-0.1, -0.05) is 32.0 Å². The lowest BCUT2D eigenvalue weighted by atomic mass is 10.2. The number of carbonyl (C=O) groups is 1. The molecule has 1 aromatic carbocycles. The summed E-state index contributed by atoms with van der Waals surface area (Å²) in [5.74, 6) is -0.253. The van der Waals surface area contributed by atoms with Gasteiger partial charge in [-0.15, -0.1) is 0 Å². The summed E-state index contributed by atoms with van der Waals surface area (Å²) in [5, 5.41) is 8.24. The average molecular weight is 374 g/mol. The quantitative estimate of drug-likeness (QED) is 0.560. The molecule has 4 rings (SSSR count). The number of anilines is 1. The lowest BCUT2D eigenvalue weighted by Crippen LogP contribution is -2.22. The molecule has 0 radical (unpaired) electrons. The van der Waals surface area contributed by atoms with Crippen LogP contribution in [0.25, 0.3) is 16.6 Å². The van der Waals surface area contributed by atoms with E-state index in [4.69, 9.17) is 0 Å². The number of nitrogens with zero attached hydrogens (tertiary/aromatic N) is 5. The molecular formula is C21H22N6O. The van der Waals surface area contributed by atoms with Crippen LogP contribution in [-0.2, 0) is 6.54 Å². The second-order valence-electron chi connectivity index (χ2n) is 6.58. The predicted molar refractivity (Wildman–Crippen MR) is 109 cm³/mol. The Morgan fingerprint density at radius 3 is 2.75 bits per heavy atom. The van der Waals surface area contributed by atoms with Gasteiger partial charge in [0, 0.05) is 36.1 Å². The molecule has 7 nitrogen and oxygen atoms in total. The molecule has 0 saturated carbocycles. The normalized spacial score (nSPS) is 11.4. The zero-order valence-corrected chi connectivity index (χ0v) is 16.0. The van der Waals surface area contributed by atoms with Crippen LogP contribution in [0, 0.1) is 0 Å². The van der Waals surface area contributed by atoms with Crippen molar-refractivity contribution in [2.75, 3.05) is 18.4 Å². The fourth-order valence-electron chi connectivity index (χ4n) is 3.26. The molecule has 142 valence electrons. The van der Waals surface area contributed by atoms with E-state index >= 15 is 0 Å². The number of amides is 1. The Morgan fingerprint density at radius 2 is 1.93 bits per heavy atom. The van der Waals surface area contributed by atoms with Gasteiger partial charge in [0.2, 0.25) is 0 Å². The van der Waals surface area contributed by atoms with Gasteiger partial charge in [-0.2, -0.15) is 5.10 Å². The topological polar surface area (TPSA) is 75.4 Å². The molecule has 0 aliphatic rings. The number of pyridine rings is 1. The summed E-state index contributed by atoms with van der Waals surface area (Å²) in [4.78, 5) is 24.0. The first-order valence-electron chi connectivity index (χ1n) is 9.39. The third-order valence-electron chi connectivity index (χ3n) is 4.84. The number of aromatic nitrogens is 4. The number of carbonyl (C=O) groups excluding carboxylic acids is 1. The minimum Gasteiger partial charge on any atom is -0.320 e. The second-order valence-corrected chi connectivity index (χ2v) is 6.58.